The molecular weight excluding hydrogens is 490 g/mol. The van der Waals surface area contributed by atoms with E-state index >= 15 is 0 Å². The highest BCUT2D eigenvalue weighted by Crippen LogP contribution is 2.28. The molecule has 2 amide bonds. The van der Waals surface area contributed by atoms with Crippen LogP contribution in [-0.2, 0) is 27.2 Å². The van der Waals surface area contributed by atoms with Crippen LogP contribution in [-0.4, -0.2) is 55.7 Å². The largest absolute Gasteiger partial charge is 0.466 e. The third-order valence-electron chi connectivity index (χ3n) is 5.78. The molecule has 1 atom stereocenters. The average molecular weight is 522 g/mol. The van der Waals surface area contributed by atoms with Crippen molar-refractivity contribution in [1.29, 1.82) is 0 Å². The topological polar surface area (TPSA) is 97.0 Å². The van der Waals surface area contributed by atoms with Gasteiger partial charge in [0.05, 0.1) is 10.9 Å². The van der Waals surface area contributed by atoms with E-state index in [1.165, 1.54) is 11.1 Å². The van der Waals surface area contributed by atoms with Crippen molar-refractivity contribution in [3.63, 3.8) is 0 Å². The third-order valence-corrected chi connectivity index (χ3v) is 6.89. The maximum absolute atomic E-state index is 13.1. The van der Waals surface area contributed by atoms with Crippen LogP contribution < -0.4 is 15.4 Å². The van der Waals surface area contributed by atoms with E-state index in [0.717, 1.165) is 37.3 Å². The number of hydrogen-bond acceptors (Lipinski definition) is 7. The van der Waals surface area contributed by atoms with Crippen molar-refractivity contribution in [3.05, 3.63) is 45.8 Å². The molecule has 2 N–H and O–H groups in total. The molecule has 2 aromatic rings. The van der Waals surface area contributed by atoms with Crippen molar-refractivity contribution < 1.29 is 23.9 Å². The predicted molar refractivity (Wildman–Crippen MR) is 137 cm³/mol. The zero-order valence-corrected chi connectivity index (χ0v) is 21.7. The van der Waals surface area contributed by atoms with E-state index in [9.17, 15) is 14.4 Å². The highest BCUT2D eigenvalue weighted by Gasteiger charge is 2.23. The molecule has 2 heterocycles. The van der Waals surface area contributed by atoms with Crippen LogP contribution in [0.5, 0.6) is 5.06 Å². The van der Waals surface area contributed by atoms with E-state index in [4.69, 9.17) is 21.1 Å². The molecule has 0 saturated carbocycles. The van der Waals surface area contributed by atoms with E-state index in [0.29, 0.717) is 41.0 Å². The van der Waals surface area contributed by atoms with Gasteiger partial charge in [0.2, 0.25) is 5.91 Å². The lowest BCUT2D eigenvalue weighted by Gasteiger charge is -2.19. The summed E-state index contributed by atoms with van der Waals surface area (Å²) < 4.78 is 10.7. The molecule has 35 heavy (non-hydrogen) atoms. The highest BCUT2D eigenvalue weighted by molar-refractivity contribution is 7.17. The lowest BCUT2D eigenvalue weighted by atomic mass is 10.0. The van der Waals surface area contributed by atoms with Gasteiger partial charge in [0.15, 0.2) is 5.06 Å². The summed E-state index contributed by atoms with van der Waals surface area (Å²) in [5, 5.41) is 5.93. The minimum Gasteiger partial charge on any atom is -0.466 e. The number of carbonyl (C=O) groups excluding carboxylic acids is 3. The maximum atomic E-state index is 13.1. The molecule has 0 radical (unpaired) electrons. The number of amides is 2. The SMILES string of the molecule is CCOC(=O)CCCC[C@@H](NC(=O)Oc1ccc(Cl)s1)C(=O)Nc1ccc2c(c1)CCN(C)CC2. The van der Waals surface area contributed by atoms with Crippen LogP contribution in [0.1, 0.15) is 43.7 Å². The number of anilines is 1. The van der Waals surface area contributed by atoms with Crippen LogP contribution in [0.4, 0.5) is 10.5 Å². The number of likely N-dealkylation sites (N-methyl/N-ethyl adjacent to an activating group) is 1. The van der Waals surface area contributed by atoms with Gasteiger partial charge in [0.1, 0.15) is 6.04 Å². The Morgan fingerprint density at radius 2 is 1.89 bits per heavy atom. The number of ether oxygens (including phenoxy) is 2. The molecule has 0 fully saturated rings. The average Bonchev–Trinajstić information content (AvgIpc) is 3.13. The summed E-state index contributed by atoms with van der Waals surface area (Å²) in [6.07, 6.45) is 2.87. The predicted octanol–water partition coefficient (Wildman–Crippen LogP) is 4.65. The summed E-state index contributed by atoms with van der Waals surface area (Å²) in [6.45, 7) is 4.07. The minimum absolute atomic E-state index is 0.263. The first-order chi connectivity index (χ1) is 16.8. The minimum atomic E-state index is -0.829. The van der Waals surface area contributed by atoms with Crippen LogP contribution in [0.25, 0.3) is 0 Å². The number of halogens is 1. The van der Waals surface area contributed by atoms with Crippen molar-refractivity contribution in [3.8, 4) is 5.06 Å². The van der Waals surface area contributed by atoms with Gasteiger partial charge < -0.3 is 25.0 Å². The van der Waals surface area contributed by atoms with E-state index in [1.54, 1.807) is 19.1 Å². The fourth-order valence-corrected chi connectivity index (χ4v) is 4.75. The Hall–Kier alpha value is -2.62. The standard InChI is InChI=1S/C25H32ClN3O5S/c1-3-33-22(30)7-5-4-6-20(28-25(32)34-23-11-10-21(26)35-23)24(31)27-19-9-8-17-12-14-29(2)15-13-18(17)16-19/h8-11,16,20H,3-7,12-15H2,1-2H3,(H,27,31)(H,28,32)/t20-/m1/s1. The molecule has 8 nitrogen and oxygen atoms in total. The molecule has 190 valence electrons. The Balaban J connectivity index is 1.62. The van der Waals surface area contributed by atoms with Crippen molar-refractivity contribution in [2.24, 2.45) is 0 Å². The monoisotopic (exact) mass is 521 g/mol. The van der Waals surface area contributed by atoms with Gasteiger partial charge in [0.25, 0.3) is 0 Å². The molecule has 1 aliphatic heterocycles. The molecule has 3 rings (SSSR count). The van der Waals surface area contributed by atoms with Gasteiger partial charge in [-0.15, -0.1) is 0 Å². The van der Waals surface area contributed by atoms with Crippen LogP contribution in [0.2, 0.25) is 4.34 Å². The number of nitrogens with zero attached hydrogens (tertiary/aromatic N) is 1. The van der Waals surface area contributed by atoms with Gasteiger partial charge in [-0.2, -0.15) is 0 Å². The van der Waals surface area contributed by atoms with Gasteiger partial charge in [-0.05, 0) is 75.0 Å². The summed E-state index contributed by atoms with van der Waals surface area (Å²) in [5.41, 5.74) is 3.20. The Morgan fingerprint density at radius 3 is 2.60 bits per heavy atom. The molecular formula is C25H32ClN3O5S. The second kappa shape index (κ2) is 13.5. The quantitative estimate of drug-likeness (QED) is 0.349. The molecule has 0 bridgehead atoms. The molecule has 1 aromatic carbocycles. The van der Waals surface area contributed by atoms with Gasteiger partial charge in [-0.25, -0.2) is 4.79 Å². The summed E-state index contributed by atoms with van der Waals surface area (Å²) in [6, 6.07) is 8.35. The number of fused-ring (bicyclic) bond motifs is 1. The van der Waals surface area contributed by atoms with Crippen molar-refractivity contribution in [2.75, 3.05) is 32.1 Å². The Bertz CT molecular complexity index is 1030. The van der Waals surface area contributed by atoms with E-state index in [2.05, 4.69) is 28.6 Å². The number of nitrogens with one attached hydrogen (secondary N) is 2. The second-order valence-corrected chi connectivity index (χ2v) is 10.1. The molecule has 1 aliphatic rings. The van der Waals surface area contributed by atoms with Crippen LogP contribution in [0.3, 0.4) is 0 Å². The zero-order valence-electron chi connectivity index (χ0n) is 20.1. The number of hydrogen-bond donors (Lipinski definition) is 2. The first kappa shape index (κ1) is 27.0. The Kier molecular flexibility index (Phi) is 10.4. The van der Waals surface area contributed by atoms with Crippen LogP contribution >= 0.6 is 22.9 Å². The number of thiophene rings is 1. The number of esters is 1. The Morgan fingerprint density at radius 1 is 1.11 bits per heavy atom. The normalized spacial score (nSPS) is 14.4. The number of rotatable bonds is 10. The van der Waals surface area contributed by atoms with Crippen molar-refractivity contribution >= 4 is 46.6 Å². The molecule has 0 unspecified atom stereocenters. The van der Waals surface area contributed by atoms with E-state index in [1.807, 2.05) is 12.1 Å². The van der Waals surface area contributed by atoms with Gasteiger partial charge in [-0.1, -0.05) is 35.4 Å². The maximum Gasteiger partial charge on any atom is 0.414 e. The smallest absolute Gasteiger partial charge is 0.414 e. The lowest BCUT2D eigenvalue weighted by molar-refractivity contribution is -0.143. The Labute approximate surface area is 214 Å². The van der Waals surface area contributed by atoms with Gasteiger partial charge >= 0.3 is 12.1 Å². The summed E-state index contributed by atoms with van der Waals surface area (Å²) in [5.74, 6) is -0.612. The molecule has 0 saturated heterocycles. The van der Waals surface area contributed by atoms with E-state index in [-0.39, 0.29) is 18.3 Å². The molecule has 1 aromatic heterocycles. The fraction of sp³-hybridized carbons (Fsp3) is 0.480. The third kappa shape index (κ3) is 8.83. The van der Waals surface area contributed by atoms with Crippen LogP contribution in [0, 0.1) is 0 Å². The van der Waals surface area contributed by atoms with Crippen LogP contribution in [0.15, 0.2) is 30.3 Å². The second-order valence-electron chi connectivity index (χ2n) is 8.47. The summed E-state index contributed by atoms with van der Waals surface area (Å²) >= 11 is 7.02. The number of benzene rings is 1. The van der Waals surface area contributed by atoms with Gasteiger partial charge in [-0.3, -0.25) is 9.59 Å². The molecule has 10 heteroatoms. The lowest BCUT2D eigenvalue weighted by Crippen LogP contribution is -2.45. The molecule has 0 spiro atoms. The fourth-order valence-electron chi connectivity index (χ4n) is 3.88. The van der Waals surface area contributed by atoms with E-state index < -0.39 is 12.1 Å². The first-order valence-corrected chi connectivity index (χ1v) is 13.0. The van der Waals surface area contributed by atoms with Gasteiger partial charge in [0, 0.05) is 25.2 Å². The van der Waals surface area contributed by atoms with Crippen molar-refractivity contribution in [1.82, 2.24) is 10.2 Å². The summed E-state index contributed by atoms with van der Waals surface area (Å²) in [4.78, 5) is 39.5. The number of carbonyl (C=O) groups is 3. The summed E-state index contributed by atoms with van der Waals surface area (Å²) in [7, 11) is 2.11. The first-order valence-electron chi connectivity index (χ1n) is 11.8. The van der Waals surface area contributed by atoms with Crippen molar-refractivity contribution in [2.45, 2.75) is 51.5 Å². The zero-order chi connectivity index (χ0) is 25.2. The highest BCUT2D eigenvalue weighted by atomic mass is 35.5. The number of unbranched alkanes of at least 4 members (excludes halogenated alkanes) is 1. The molecule has 0 aliphatic carbocycles.